The molecule has 0 aromatic heterocycles. The lowest BCUT2D eigenvalue weighted by Crippen LogP contribution is -2.41. The molecule has 0 radical (unpaired) electrons. The number of aliphatic hydroxyl groups excluding tert-OH is 5. The molecule has 0 unspecified atom stereocenters. The van der Waals surface area contributed by atoms with Crippen molar-refractivity contribution in [2.45, 2.75) is 24.7 Å². The van der Waals surface area contributed by atoms with Gasteiger partial charge in [0.15, 0.2) is 0 Å². The van der Waals surface area contributed by atoms with Crippen molar-refractivity contribution in [1.82, 2.24) is 0 Å². The van der Waals surface area contributed by atoms with Crippen molar-refractivity contribution < 1.29 is 45.3 Å². The summed E-state index contributed by atoms with van der Waals surface area (Å²) in [6.07, 6.45) is -4.80. The van der Waals surface area contributed by atoms with Gasteiger partial charge in [0.25, 0.3) is 0 Å². The van der Waals surface area contributed by atoms with Gasteiger partial charge in [-0.25, -0.2) is 4.79 Å². The van der Waals surface area contributed by atoms with Crippen LogP contribution in [0.5, 0.6) is 0 Å². The van der Waals surface area contributed by atoms with E-state index < -0.39 is 49.9 Å². The van der Waals surface area contributed by atoms with Gasteiger partial charge in [-0.2, -0.15) is 0 Å². The minimum absolute atomic E-state index is 0.303. The maximum atomic E-state index is 9.87. The first-order chi connectivity index (χ1) is 8.67. The highest BCUT2D eigenvalue weighted by Crippen LogP contribution is 1.98. The van der Waals surface area contributed by atoms with E-state index in [4.69, 9.17) is 35.7 Å². The lowest BCUT2D eigenvalue weighted by Gasteiger charge is -2.19. The maximum absolute atomic E-state index is 9.87. The van der Waals surface area contributed by atoms with Crippen molar-refractivity contribution in [2.24, 2.45) is 0 Å². The van der Waals surface area contributed by atoms with E-state index in [1.165, 1.54) is 0 Å². The molecule has 9 nitrogen and oxygen atoms in total. The zero-order valence-corrected chi connectivity index (χ0v) is 10.0. The third kappa shape index (κ3) is 10.1. The van der Waals surface area contributed by atoms with Crippen molar-refractivity contribution in [2.75, 3.05) is 13.2 Å². The highest BCUT2D eigenvalue weighted by atomic mass is 16.4. The average Bonchev–Trinajstić information content (AvgIpc) is 2.35. The molecule has 0 rings (SSSR count). The van der Waals surface area contributed by atoms with Gasteiger partial charge in [0.05, 0.1) is 19.6 Å². The monoisotopic (exact) mass is 282 g/mol. The summed E-state index contributed by atoms with van der Waals surface area (Å²) in [4.78, 5) is 19.7. The molecule has 0 amide bonds. The predicted octanol–water partition coefficient (Wildman–Crippen LogP) is -2.84. The van der Waals surface area contributed by atoms with E-state index in [2.05, 4.69) is 6.58 Å². The van der Waals surface area contributed by atoms with E-state index in [1.807, 2.05) is 0 Å². The number of hydrogen-bond acceptors (Lipinski definition) is 7. The molecule has 0 saturated carbocycles. The Hall–Kier alpha value is -1.52. The molecule has 0 heterocycles. The number of rotatable bonds is 7. The Bertz CT molecular complexity index is 291. The SMILES string of the molecule is C=C(CC(=O)O)C(=O)O.OC[C@@H](O)[C@H](O)[C@@H](O)CO. The molecule has 0 saturated heterocycles. The summed E-state index contributed by atoms with van der Waals surface area (Å²) in [5.41, 5.74) is -0.303. The van der Waals surface area contributed by atoms with Crippen LogP contribution in [0.4, 0.5) is 0 Å². The summed E-state index contributed by atoms with van der Waals surface area (Å²) in [6, 6.07) is 0. The van der Waals surface area contributed by atoms with Crippen molar-refractivity contribution in [3.8, 4) is 0 Å². The highest BCUT2D eigenvalue weighted by Gasteiger charge is 2.22. The number of aliphatic hydroxyl groups is 5. The van der Waals surface area contributed by atoms with Crippen molar-refractivity contribution >= 4 is 11.9 Å². The zero-order valence-electron chi connectivity index (χ0n) is 10.0. The van der Waals surface area contributed by atoms with Crippen LogP contribution in [0.3, 0.4) is 0 Å². The van der Waals surface area contributed by atoms with Gasteiger partial charge in [0.2, 0.25) is 0 Å². The summed E-state index contributed by atoms with van der Waals surface area (Å²) in [7, 11) is 0. The number of aliphatic carboxylic acids is 2. The van der Waals surface area contributed by atoms with Gasteiger partial charge in [0, 0.05) is 5.57 Å². The summed E-state index contributed by atoms with van der Waals surface area (Å²) < 4.78 is 0. The molecule has 19 heavy (non-hydrogen) atoms. The first-order valence-corrected chi connectivity index (χ1v) is 5.06. The van der Waals surface area contributed by atoms with Crippen LogP contribution in [-0.2, 0) is 9.59 Å². The second-order valence-corrected chi connectivity index (χ2v) is 3.47. The van der Waals surface area contributed by atoms with Gasteiger partial charge in [-0.1, -0.05) is 6.58 Å². The minimum Gasteiger partial charge on any atom is -0.481 e. The van der Waals surface area contributed by atoms with E-state index in [0.29, 0.717) is 0 Å². The number of carboxylic acids is 2. The lowest BCUT2D eigenvalue weighted by molar-refractivity contribution is -0.139. The lowest BCUT2D eigenvalue weighted by atomic mass is 10.1. The highest BCUT2D eigenvalue weighted by molar-refractivity contribution is 5.91. The Balaban J connectivity index is 0. The molecule has 0 bridgehead atoms. The zero-order chi connectivity index (χ0) is 15.6. The smallest absolute Gasteiger partial charge is 0.331 e. The molecular weight excluding hydrogens is 264 g/mol. The van der Waals surface area contributed by atoms with Crippen LogP contribution >= 0.6 is 0 Å². The fourth-order valence-electron chi connectivity index (χ4n) is 0.731. The second-order valence-electron chi connectivity index (χ2n) is 3.47. The number of carboxylic acid groups (broad SMARTS) is 2. The summed E-state index contributed by atoms with van der Waals surface area (Å²) in [6.45, 7) is 1.73. The van der Waals surface area contributed by atoms with Crippen LogP contribution in [0.25, 0.3) is 0 Å². The topological polar surface area (TPSA) is 176 Å². The van der Waals surface area contributed by atoms with Gasteiger partial charge in [0.1, 0.15) is 18.3 Å². The largest absolute Gasteiger partial charge is 0.481 e. The van der Waals surface area contributed by atoms with Crippen molar-refractivity contribution in [1.29, 1.82) is 0 Å². The van der Waals surface area contributed by atoms with Gasteiger partial charge in [-0.05, 0) is 0 Å². The fourth-order valence-corrected chi connectivity index (χ4v) is 0.731. The third-order valence-electron chi connectivity index (χ3n) is 1.83. The Morgan fingerprint density at radius 3 is 1.47 bits per heavy atom. The normalized spacial score (nSPS) is 14.6. The Labute approximate surface area is 108 Å². The number of hydrogen-bond donors (Lipinski definition) is 7. The molecule has 0 aliphatic heterocycles. The maximum Gasteiger partial charge on any atom is 0.331 e. The van der Waals surface area contributed by atoms with Crippen LogP contribution in [0.2, 0.25) is 0 Å². The quantitative estimate of drug-likeness (QED) is 0.242. The van der Waals surface area contributed by atoms with E-state index >= 15 is 0 Å². The predicted molar refractivity (Wildman–Crippen MR) is 61.2 cm³/mol. The third-order valence-corrected chi connectivity index (χ3v) is 1.83. The summed E-state index contributed by atoms with van der Waals surface area (Å²) in [5, 5.41) is 58.7. The summed E-state index contributed by atoms with van der Waals surface area (Å²) >= 11 is 0. The van der Waals surface area contributed by atoms with Crippen LogP contribution in [0, 0.1) is 0 Å². The molecule has 0 aliphatic carbocycles. The van der Waals surface area contributed by atoms with Crippen LogP contribution in [0.1, 0.15) is 6.42 Å². The van der Waals surface area contributed by atoms with E-state index in [9.17, 15) is 9.59 Å². The van der Waals surface area contributed by atoms with Crippen LogP contribution in [0.15, 0.2) is 12.2 Å². The molecule has 3 atom stereocenters. The van der Waals surface area contributed by atoms with Gasteiger partial charge in [-0.3, -0.25) is 4.79 Å². The first-order valence-electron chi connectivity index (χ1n) is 5.06. The second kappa shape index (κ2) is 10.4. The van der Waals surface area contributed by atoms with Gasteiger partial charge < -0.3 is 35.7 Å². The molecule has 0 aromatic carbocycles. The van der Waals surface area contributed by atoms with Gasteiger partial charge in [-0.15, -0.1) is 0 Å². The molecule has 0 aliphatic rings. The molecule has 0 aromatic rings. The van der Waals surface area contributed by atoms with E-state index in [1.54, 1.807) is 0 Å². The van der Waals surface area contributed by atoms with E-state index in [0.717, 1.165) is 0 Å². The minimum atomic E-state index is -1.49. The Kier molecular flexibility index (Phi) is 10.9. The molecule has 112 valence electrons. The van der Waals surface area contributed by atoms with Crippen LogP contribution < -0.4 is 0 Å². The van der Waals surface area contributed by atoms with Crippen molar-refractivity contribution in [3.63, 3.8) is 0 Å². The summed E-state index contributed by atoms with van der Waals surface area (Å²) in [5.74, 6) is -2.44. The average molecular weight is 282 g/mol. The molecule has 9 heteroatoms. The Morgan fingerprint density at radius 1 is 0.947 bits per heavy atom. The van der Waals surface area contributed by atoms with E-state index in [-0.39, 0.29) is 5.57 Å². The molecular formula is C10H18O9. The molecule has 7 N–H and O–H groups in total. The van der Waals surface area contributed by atoms with Crippen LogP contribution in [-0.4, -0.2) is 79.2 Å². The standard InChI is InChI=1S/C5H12O5.C5H6O4/c6-1-3(8)5(10)4(9)2-7;1-3(5(8)9)2-4(6)7/h3-10H,1-2H2;1-2H2,(H,6,7)(H,8,9)/t3-,4+,5+;. The fraction of sp³-hybridized carbons (Fsp3) is 0.600. The first kappa shape index (κ1) is 19.8. The van der Waals surface area contributed by atoms with Gasteiger partial charge >= 0.3 is 11.9 Å². The molecule has 0 spiro atoms. The Morgan fingerprint density at radius 2 is 1.32 bits per heavy atom. The number of carbonyl (C=O) groups is 2. The molecule has 0 fully saturated rings. The van der Waals surface area contributed by atoms with Crippen molar-refractivity contribution in [3.05, 3.63) is 12.2 Å².